The molecule has 0 saturated carbocycles. The molecule has 0 bridgehead atoms. The number of amides is 1. The molecule has 27 heavy (non-hydrogen) atoms. The van der Waals surface area contributed by atoms with Gasteiger partial charge in [0, 0.05) is 29.6 Å². The van der Waals surface area contributed by atoms with E-state index in [1.54, 1.807) is 32.4 Å². The lowest BCUT2D eigenvalue weighted by molar-refractivity contribution is -0.113. The number of nitrogens with zero attached hydrogens (tertiary/aromatic N) is 3. The van der Waals surface area contributed by atoms with E-state index in [-0.39, 0.29) is 11.7 Å². The molecule has 0 aliphatic heterocycles. The maximum atomic E-state index is 12.4. The molecule has 3 aromatic rings. The molecule has 1 heterocycles. The Hall–Kier alpha value is -3.00. The van der Waals surface area contributed by atoms with Gasteiger partial charge < -0.3 is 14.8 Å². The number of carbonyl (C=O) groups excluding carboxylic acids is 1. The molecule has 0 radical (unpaired) electrons. The van der Waals surface area contributed by atoms with Gasteiger partial charge in [-0.1, -0.05) is 30.0 Å². The van der Waals surface area contributed by atoms with Crippen molar-refractivity contribution in [1.82, 2.24) is 14.8 Å². The summed E-state index contributed by atoms with van der Waals surface area (Å²) in [4.78, 5) is 12.4. The molecule has 0 aliphatic rings. The van der Waals surface area contributed by atoms with Crippen molar-refractivity contribution in [2.24, 2.45) is 0 Å². The Labute approximate surface area is 161 Å². The number of nitrogens with one attached hydrogen (secondary N) is 1. The monoisotopic (exact) mass is 384 g/mol. The lowest BCUT2D eigenvalue weighted by Crippen LogP contribution is -2.14. The maximum Gasteiger partial charge on any atom is 0.234 e. The van der Waals surface area contributed by atoms with Crippen LogP contribution in [0.25, 0.3) is 5.69 Å². The van der Waals surface area contributed by atoms with Gasteiger partial charge in [0.1, 0.15) is 17.3 Å². The molecule has 0 atom stereocenters. The van der Waals surface area contributed by atoms with Gasteiger partial charge in [-0.15, -0.1) is 10.2 Å². The fraction of sp³-hybridized carbons (Fsp3) is 0.211. The molecule has 2 aromatic carbocycles. The van der Waals surface area contributed by atoms with Gasteiger partial charge in [0.2, 0.25) is 5.91 Å². The van der Waals surface area contributed by atoms with Crippen molar-refractivity contribution in [1.29, 1.82) is 0 Å². The van der Waals surface area contributed by atoms with E-state index in [0.29, 0.717) is 22.3 Å². The molecule has 8 heteroatoms. The van der Waals surface area contributed by atoms with Crippen LogP contribution in [0.3, 0.4) is 0 Å². The molecule has 1 N–H and O–H groups in total. The summed E-state index contributed by atoms with van der Waals surface area (Å²) in [5.74, 6) is 2.02. The number of carbonyl (C=O) groups is 1. The normalized spacial score (nSPS) is 10.5. The fourth-order valence-electron chi connectivity index (χ4n) is 2.52. The SMILES string of the molecule is COc1cc(NC(=O)CSc2nnc(C)n2-c2ccccc2)cc(OC)c1. The van der Waals surface area contributed by atoms with Crippen LogP contribution in [-0.2, 0) is 4.79 Å². The smallest absolute Gasteiger partial charge is 0.234 e. The van der Waals surface area contributed by atoms with Gasteiger partial charge in [0.15, 0.2) is 5.16 Å². The van der Waals surface area contributed by atoms with Crippen LogP contribution in [-0.4, -0.2) is 40.6 Å². The summed E-state index contributed by atoms with van der Waals surface area (Å²) < 4.78 is 12.4. The van der Waals surface area contributed by atoms with E-state index >= 15 is 0 Å². The van der Waals surface area contributed by atoms with Gasteiger partial charge in [-0.05, 0) is 19.1 Å². The molecule has 3 rings (SSSR count). The van der Waals surface area contributed by atoms with Crippen LogP contribution in [0.5, 0.6) is 11.5 Å². The van der Waals surface area contributed by atoms with Crippen LogP contribution >= 0.6 is 11.8 Å². The second-order valence-electron chi connectivity index (χ2n) is 5.64. The summed E-state index contributed by atoms with van der Waals surface area (Å²) in [5, 5.41) is 11.8. The van der Waals surface area contributed by atoms with E-state index in [2.05, 4.69) is 15.5 Å². The summed E-state index contributed by atoms with van der Waals surface area (Å²) in [6.45, 7) is 1.88. The average Bonchev–Trinajstić information content (AvgIpc) is 3.07. The van der Waals surface area contributed by atoms with Crippen LogP contribution < -0.4 is 14.8 Å². The minimum atomic E-state index is -0.157. The lowest BCUT2D eigenvalue weighted by atomic mass is 10.2. The van der Waals surface area contributed by atoms with E-state index in [1.807, 2.05) is 41.8 Å². The van der Waals surface area contributed by atoms with Crippen LogP contribution in [0.4, 0.5) is 5.69 Å². The summed E-state index contributed by atoms with van der Waals surface area (Å²) in [7, 11) is 3.13. The molecule has 0 aliphatic carbocycles. The number of rotatable bonds is 7. The van der Waals surface area contributed by atoms with Gasteiger partial charge in [-0.25, -0.2) is 0 Å². The minimum Gasteiger partial charge on any atom is -0.497 e. The number of ether oxygens (including phenoxy) is 2. The first-order valence-electron chi connectivity index (χ1n) is 8.24. The number of anilines is 1. The highest BCUT2D eigenvalue weighted by Crippen LogP contribution is 2.26. The van der Waals surface area contributed by atoms with Crippen LogP contribution in [0, 0.1) is 6.92 Å². The van der Waals surface area contributed by atoms with E-state index in [1.165, 1.54) is 11.8 Å². The number of hydrogen-bond acceptors (Lipinski definition) is 6. The quantitative estimate of drug-likeness (QED) is 0.630. The maximum absolute atomic E-state index is 12.4. The summed E-state index contributed by atoms with van der Waals surface area (Å²) in [6.07, 6.45) is 0. The zero-order valence-corrected chi connectivity index (χ0v) is 16.1. The third-order valence-electron chi connectivity index (χ3n) is 3.78. The van der Waals surface area contributed by atoms with Crippen molar-refractivity contribution in [2.75, 3.05) is 25.3 Å². The number of para-hydroxylation sites is 1. The summed E-state index contributed by atoms with van der Waals surface area (Å²) in [5.41, 5.74) is 1.57. The van der Waals surface area contributed by atoms with Crippen molar-refractivity contribution < 1.29 is 14.3 Å². The van der Waals surface area contributed by atoms with Crippen molar-refractivity contribution in [2.45, 2.75) is 12.1 Å². The number of methoxy groups -OCH3 is 2. The van der Waals surface area contributed by atoms with Crippen LogP contribution in [0.15, 0.2) is 53.7 Å². The Kier molecular flexibility index (Phi) is 5.97. The highest BCUT2D eigenvalue weighted by atomic mass is 32.2. The first-order valence-corrected chi connectivity index (χ1v) is 9.22. The molecule has 0 fully saturated rings. The van der Waals surface area contributed by atoms with Crippen molar-refractivity contribution >= 4 is 23.4 Å². The van der Waals surface area contributed by atoms with Gasteiger partial charge in [-0.3, -0.25) is 9.36 Å². The van der Waals surface area contributed by atoms with Gasteiger partial charge in [-0.2, -0.15) is 0 Å². The van der Waals surface area contributed by atoms with Gasteiger partial charge >= 0.3 is 0 Å². The van der Waals surface area contributed by atoms with Crippen LogP contribution in [0.2, 0.25) is 0 Å². The van der Waals surface area contributed by atoms with Gasteiger partial charge in [0.25, 0.3) is 0 Å². The number of hydrogen-bond donors (Lipinski definition) is 1. The number of thioether (sulfide) groups is 1. The zero-order valence-electron chi connectivity index (χ0n) is 15.3. The molecule has 0 spiro atoms. The summed E-state index contributed by atoms with van der Waals surface area (Å²) in [6, 6.07) is 15.0. The third-order valence-corrected chi connectivity index (χ3v) is 4.71. The molecule has 140 valence electrons. The van der Waals surface area contributed by atoms with Crippen LogP contribution in [0.1, 0.15) is 5.82 Å². The zero-order chi connectivity index (χ0) is 19.2. The predicted molar refractivity (Wildman–Crippen MR) is 105 cm³/mol. The average molecular weight is 384 g/mol. The predicted octanol–water partition coefficient (Wildman–Crippen LogP) is 3.32. The Balaban J connectivity index is 1.69. The first-order chi connectivity index (χ1) is 13.1. The number of aryl methyl sites for hydroxylation is 1. The van der Waals surface area contributed by atoms with Gasteiger partial charge in [0.05, 0.1) is 20.0 Å². The Morgan fingerprint density at radius 2 is 1.74 bits per heavy atom. The highest BCUT2D eigenvalue weighted by Gasteiger charge is 2.14. The van der Waals surface area contributed by atoms with Crippen molar-refractivity contribution in [3.8, 4) is 17.2 Å². The minimum absolute atomic E-state index is 0.157. The molecule has 1 aromatic heterocycles. The molecule has 7 nitrogen and oxygen atoms in total. The standard InChI is InChI=1S/C19H20N4O3S/c1-13-21-22-19(23(13)15-7-5-4-6-8-15)27-12-18(24)20-14-9-16(25-2)11-17(10-14)26-3/h4-11H,12H2,1-3H3,(H,20,24). The topological polar surface area (TPSA) is 78.3 Å². The van der Waals surface area contributed by atoms with E-state index in [0.717, 1.165) is 11.5 Å². The van der Waals surface area contributed by atoms with E-state index in [9.17, 15) is 4.79 Å². The highest BCUT2D eigenvalue weighted by molar-refractivity contribution is 7.99. The number of aromatic nitrogens is 3. The Bertz CT molecular complexity index is 906. The fourth-order valence-corrected chi connectivity index (χ4v) is 3.32. The molecule has 0 unspecified atom stereocenters. The first kappa shape index (κ1) is 18.8. The lowest BCUT2D eigenvalue weighted by Gasteiger charge is -2.10. The molecule has 1 amide bonds. The Morgan fingerprint density at radius 3 is 2.37 bits per heavy atom. The molecule has 0 saturated heterocycles. The Morgan fingerprint density at radius 1 is 1.07 bits per heavy atom. The summed E-state index contributed by atoms with van der Waals surface area (Å²) >= 11 is 1.32. The van der Waals surface area contributed by atoms with E-state index in [4.69, 9.17) is 9.47 Å². The van der Waals surface area contributed by atoms with Crippen molar-refractivity contribution in [3.05, 3.63) is 54.4 Å². The second kappa shape index (κ2) is 8.59. The third kappa shape index (κ3) is 4.59. The molecular formula is C19H20N4O3S. The molecular weight excluding hydrogens is 364 g/mol. The largest absolute Gasteiger partial charge is 0.497 e. The van der Waals surface area contributed by atoms with Crippen molar-refractivity contribution in [3.63, 3.8) is 0 Å². The van der Waals surface area contributed by atoms with E-state index < -0.39 is 0 Å². The number of benzene rings is 2. The second-order valence-corrected chi connectivity index (χ2v) is 6.58.